The van der Waals surface area contributed by atoms with Crippen LogP contribution in [0.1, 0.15) is 29.3 Å². The molecule has 1 rings (SSSR count). The Hall–Kier alpha value is -1.55. The highest BCUT2D eigenvalue weighted by atomic mass is 16.1. The lowest BCUT2D eigenvalue weighted by atomic mass is 10.1. The van der Waals surface area contributed by atoms with Gasteiger partial charge in [0.25, 0.3) is 0 Å². The largest absolute Gasteiger partial charge is 0.385 e. The van der Waals surface area contributed by atoms with Crippen molar-refractivity contribution in [2.75, 3.05) is 11.9 Å². The molecule has 0 aliphatic rings. The number of aryl methyl sites for hydroxylation is 1. The van der Waals surface area contributed by atoms with E-state index >= 15 is 0 Å². The van der Waals surface area contributed by atoms with Crippen LogP contribution >= 0.6 is 0 Å². The molecule has 0 aromatic heterocycles. The minimum absolute atomic E-state index is 0.193. The summed E-state index contributed by atoms with van der Waals surface area (Å²) in [6.45, 7) is 4.67. The molecule has 0 radical (unpaired) electrons. The van der Waals surface area contributed by atoms with Gasteiger partial charge in [-0.15, -0.1) is 0 Å². The number of carbonyl (C=O) groups excluding carboxylic acids is 1. The first kappa shape index (κ1) is 12.5. The van der Waals surface area contributed by atoms with Gasteiger partial charge in [0, 0.05) is 23.8 Å². The second-order valence-corrected chi connectivity index (χ2v) is 4.09. The summed E-state index contributed by atoms with van der Waals surface area (Å²) >= 11 is 0. The van der Waals surface area contributed by atoms with Gasteiger partial charge in [0.1, 0.15) is 0 Å². The van der Waals surface area contributed by atoms with E-state index in [4.69, 9.17) is 11.5 Å². The van der Waals surface area contributed by atoms with E-state index in [0.29, 0.717) is 5.56 Å². The molecule has 1 atom stereocenters. The Morgan fingerprint density at radius 3 is 2.69 bits per heavy atom. The number of carbonyl (C=O) groups is 1. The van der Waals surface area contributed by atoms with Crippen LogP contribution in [0.15, 0.2) is 18.2 Å². The second kappa shape index (κ2) is 5.51. The van der Waals surface area contributed by atoms with Crippen molar-refractivity contribution in [1.82, 2.24) is 0 Å². The Bertz CT molecular complexity index is 375. The molecule has 4 heteroatoms. The molecule has 0 fully saturated rings. The van der Waals surface area contributed by atoms with E-state index in [2.05, 4.69) is 5.32 Å². The van der Waals surface area contributed by atoms with E-state index in [1.165, 1.54) is 0 Å². The summed E-state index contributed by atoms with van der Waals surface area (Å²) in [6, 6.07) is 5.71. The van der Waals surface area contributed by atoms with Crippen LogP contribution in [0, 0.1) is 6.92 Å². The summed E-state index contributed by atoms with van der Waals surface area (Å²) in [6.07, 6.45) is 0.913. The zero-order valence-corrected chi connectivity index (χ0v) is 9.79. The van der Waals surface area contributed by atoms with Gasteiger partial charge in [-0.3, -0.25) is 4.79 Å². The minimum Gasteiger partial charge on any atom is -0.385 e. The topological polar surface area (TPSA) is 81.1 Å². The van der Waals surface area contributed by atoms with Crippen LogP contribution in [0.5, 0.6) is 0 Å². The summed E-state index contributed by atoms with van der Waals surface area (Å²) < 4.78 is 0. The molecule has 0 heterocycles. The number of rotatable bonds is 5. The summed E-state index contributed by atoms with van der Waals surface area (Å²) in [4.78, 5) is 11.0. The van der Waals surface area contributed by atoms with Crippen LogP contribution in [0.25, 0.3) is 0 Å². The molecule has 0 aliphatic heterocycles. The van der Waals surface area contributed by atoms with Crippen molar-refractivity contribution in [2.24, 2.45) is 11.5 Å². The van der Waals surface area contributed by atoms with Crippen molar-refractivity contribution in [2.45, 2.75) is 26.3 Å². The third-order valence-corrected chi connectivity index (χ3v) is 2.42. The molecule has 1 aromatic carbocycles. The molecule has 4 nitrogen and oxygen atoms in total. The monoisotopic (exact) mass is 221 g/mol. The van der Waals surface area contributed by atoms with Gasteiger partial charge in [-0.2, -0.15) is 0 Å². The number of primary amides is 1. The van der Waals surface area contributed by atoms with Crippen LogP contribution in [0.2, 0.25) is 0 Å². The van der Waals surface area contributed by atoms with E-state index in [1.54, 1.807) is 6.07 Å². The number of nitrogens with two attached hydrogens (primary N) is 2. The van der Waals surface area contributed by atoms with E-state index in [0.717, 1.165) is 24.2 Å². The molecule has 1 unspecified atom stereocenters. The average Bonchev–Trinajstić information content (AvgIpc) is 2.16. The molecule has 0 saturated carbocycles. The lowest BCUT2D eigenvalue weighted by Gasteiger charge is -2.10. The fourth-order valence-corrected chi connectivity index (χ4v) is 1.49. The fourth-order valence-electron chi connectivity index (χ4n) is 1.49. The third kappa shape index (κ3) is 3.55. The van der Waals surface area contributed by atoms with E-state index in [1.807, 2.05) is 26.0 Å². The zero-order chi connectivity index (χ0) is 12.1. The molecule has 0 saturated heterocycles. The standard InChI is InChI=1S/C12H19N3O/c1-8-7-10(15-6-5-9(2)13)3-4-11(8)12(14)16/h3-4,7,9,15H,5-6,13H2,1-2H3,(H2,14,16). The summed E-state index contributed by atoms with van der Waals surface area (Å²) in [7, 11) is 0. The van der Waals surface area contributed by atoms with Gasteiger partial charge in [-0.25, -0.2) is 0 Å². The predicted molar refractivity (Wildman–Crippen MR) is 66.5 cm³/mol. The molecular formula is C12H19N3O. The molecule has 1 aromatic rings. The quantitative estimate of drug-likeness (QED) is 0.699. The number of hydrogen-bond donors (Lipinski definition) is 3. The molecule has 5 N–H and O–H groups in total. The van der Waals surface area contributed by atoms with Gasteiger partial charge in [0.05, 0.1) is 0 Å². The first-order chi connectivity index (χ1) is 7.50. The Morgan fingerprint density at radius 2 is 2.19 bits per heavy atom. The zero-order valence-electron chi connectivity index (χ0n) is 9.79. The van der Waals surface area contributed by atoms with Crippen LogP contribution in [0.3, 0.4) is 0 Å². The maximum absolute atomic E-state index is 11.0. The Kier molecular flexibility index (Phi) is 4.31. The fraction of sp³-hybridized carbons (Fsp3) is 0.417. The maximum Gasteiger partial charge on any atom is 0.248 e. The number of nitrogens with one attached hydrogen (secondary N) is 1. The number of anilines is 1. The molecule has 88 valence electrons. The first-order valence-electron chi connectivity index (χ1n) is 5.40. The van der Waals surface area contributed by atoms with Crippen molar-refractivity contribution in [3.8, 4) is 0 Å². The lowest BCUT2D eigenvalue weighted by Crippen LogP contribution is -2.19. The predicted octanol–water partition coefficient (Wildman–Crippen LogP) is 1.24. The highest BCUT2D eigenvalue weighted by Gasteiger charge is 2.04. The van der Waals surface area contributed by atoms with Crippen molar-refractivity contribution in [3.05, 3.63) is 29.3 Å². The van der Waals surface area contributed by atoms with Crippen molar-refractivity contribution >= 4 is 11.6 Å². The van der Waals surface area contributed by atoms with Crippen LogP contribution < -0.4 is 16.8 Å². The maximum atomic E-state index is 11.0. The van der Waals surface area contributed by atoms with Gasteiger partial charge in [-0.05, 0) is 44.0 Å². The molecular weight excluding hydrogens is 202 g/mol. The average molecular weight is 221 g/mol. The van der Waals surface area contributed by atoms with Crippen molar-refractivity contribution in [3.63, 3.8) is 0 Å². The Morgan fingerprint density at radius 1 is 1.50 bits per heavy atom. The summed E-state index contributed by atoms with van der Waals surface area (Å²) in [5.74, 6) is -0.389. The number of amides is 1. The molecule has 16 heavy (non-hydrogen) atoms. The molecule has 0 bridgehead atoms. The number of hydrogen-bond acceptors (Lipinski definition) is 3. The van der Waals surface area contributed by atoms with E-state index in [9.17, 15) is 4.79 Å². The van der Waals surface area contributed by atoms with Crippen LogP contribution in [0.4, 0.5) is 5.69 Å². The van der Waals surface area contributed by atoms with Crippen molar-refractivity contribution in [1.29, 1.82) is 0 Å². The normalized spacial score (nSPS) is 12.2. The molecule has 0 aliphatic carbocycles. The van der Waals surface area contributed by atoms with Gasteiger partial charge >= 0.3 is 0 Å². The molecule has 0 spiro atoms. The minimum atomic E-state index is -0.389. The van der Waals surface area contributed by atoms with Gasteiger partial charge < -0.3 is 16.8 Å². The van der Waals surface area contributed by atoms with E-state index < -0.39 is 0 Å². The summed E-state index contributed by atoms with van der Waals surface area (Å²) in [5.41, 5.74) is 13.3. The number of benzene rings is 1. The third-order valence-electron chi connectivity index (χ3n) is 2.42. The lowest BCUT2D eigenvalue weighted by molar-refractivity contribution is 0.1000. The highest BCUT2D eigenvalue weighted by Crippen LogP contribution is 2.14. The van der Waals surface area contributed by atoms with Gasteiger partial charge in [0.15, 0.2) is 0 Å². The Balaban J connectivity index is 2.63. The van der Waals surface area contributed by atoms with E-state index in [-0.39, 0.29) is 11.9 Å². The second-order valence-electron chi connectivity index (χ2n) is 4.09. The van der Waals surface area contributed by atoms with Gasteiger partial charge in [0.2, 0.25) is 5.91 Å². The van der Waals surface area contributed by atoms with Crippen molar-refractivity contribution < 1.29 is 4.79 Å². The molecule has 1 amide bonds. The van der Waals surface area contributed by atoms with Crippen LogP contribution in [-0.4, -0.2) is 18.5 Å². The Labute approximate surface area is 96.0 Å². The summed E-state index contributed by atoms with van der Waals surface area (Å²) in [5, 5.41) is 3.25. The smallest absolute Gasteiger partial charge is 0.248 e. The highest BCUT2D eigenvalue weighted by molar-refractivity contribution is 5.94. The van der Waals surface area contributed by atoms with Crippen LogP contribution in [-0.2, 0) is 0 Å². The SMILES string of the molecule is Cc1cc(NCCC(C)N)ccc1C(N)=O. The first-order valence-corrected chi connectivity index (χ1v) is 5.40. The van der Waals surface area contributed by atoms with Gasteiger partial charge in [-0.1, -0.05) is 0 Å².